The first-order valence-electron chi connectivity index (χ1n) is 6.38. The molecule has 1 N–H and O–H groups in total. The molecule has 0 amide bonds. The van der Waals surface area contributed by atoms with E-state index in [0.717, 1.165) is 47.8 Å². The maximum Gasteiger partial charge on any atom is 0.347 e. The lowest BCUT2D eigenvalue weighted by Gasteiger charge is -2.03. The van der Waals surface area contributed by atoms with E-state index in [4.69, 9.17) is 14.4 Å². The number of carbonyl (C=O) groups is 1. The number of nitrogens with zero attached hydrogens (tertiary/aromatic N) is 2. The van der Waals surface area contributed by atoms with E-state index >= 15 is 0 Å². The van der Waals surface area contributed by atoms with Crippen LogP contribution < -0.4 is 4.74 Å². The van der Waals surface area contributed by atoms with Gasteiger partial charge in [0.2, 0.25) is 5.88 Å². The molecule has 0 radical (unpaired) electrons. The average molecular weight is 296 g/mol. The molecule has 0 aliphatic carbocycles. The number of ether oxygens (including phenoxy) is 1. The van der Waals surface area contributed by atoms with Crippen molar-refractivity contribution in [3.63, 3.8) is 0 Å². The molecule has 0 saturated carbocycles. The molecule has 2 rings (SSSR count). The second-order valence-corrected chi connectivity index (χ2v) is 5.20. The van der Waals surface area contributed by atoms with Crippen LogP contribution in [0.4, 0.5) is 0 Å². The zero-order valence-electron chi connectivity index (χ0n) is 11.4. The second-order valence-electron chi connectivity index (χ2n) is 4.39. The Hall–Kier alpha value is -1.89. The van der Waals surface area contributed by atoms with Gasteiger partial charge >= 0.3 is 5.97 Å². The maximum atomic E-state index is 10.8. The van der Waals surface area contributed by atoms with E-state index in [2.05, 4.69) is 16.5 Å². The normalized spacial score (nSPS) is 10.7. The maximum absolute atomic E-state index is 10.8. The van der Waals surface area contributed by atoms with Gasteiger partial charge in [-0.1, -0.05) is 18.5 Å². The van der Waals surface area contributed by atoms with Crippen molar-refractivity contribution < 1.29 is 19.2 Å². The lowest BCUT2D eigenvalue weighted by molar-refractivity contribution is 0.0702. The smallest absolute Gasteiger partial charge is 0.347 e. The van der Waals surface area contributed by atoms with Crippen molar-refractivity contribution in [2.75, 3.05) is 0 Å². The quantitative estimate of drug-likeness (QED) is 0.845. The molecular formula is C13H16N2O4S. The summed E-state index contributed by atoms with van der Waals surface area (Å²) in [4.78, 5) is 10.9. The van der Waals surface area contributed by atoms with Gasteiger partial charge < -0.3 is 14.4 Å². The van der Waals surface area contributed by atoms with E-state index in [0.29, 0.717) is 5.88 Å². The Labute approximate surface area is 120 Å². The van der Waals surface area contributed by atoms with E-state index in [-0.39, 0.29) is 11.5 Å². The molecule has 6 nitrogen and oxygen atoms in total. The van der Waals surface area contributed by atoms with E-state index in [9.17, 15) is 4.79 Å². The number of carboxylic acids is 1. The van der Waals surface area contributed by atoms with Crippen molar-refractivity contribution in [1.82, 2.24) is 9.53 Å². The van der Waals surface area contributed by atoms with Crippen LogP contribution in [0.25, 0.3) is 0 Å². The number of aryl methyl sites for hydroxylation is 2. The Bertz CT molecular complexity index is 591. The van der Waals surface area contributed by atoms with Gasteiger partial charge in [0.25, 0.3) is 0 Å². The molecule has 0 aliphatic heterocycles. The minimum atomic E-state index is -0.998. The summed E-state index contributed by atoms with van der Waals surface area (Å²) in [6.07, 6.45) is 2.98. The summed E-state index contributed by atoms with van der Waals surface area (Å²) in [6.45, 7) is 4.24. The lowest BCUT2D eigenvalue weighted by atomic mass is 10.1. The van der Waals surface area contributed by atoms with Crippen molar-refractivity contribution in [3.8, 4) is 5.88 Å². The molecule has 0 bridgehead atoms. The fourth-order valence-corrected chi connectivity index (χ4v) is 2.26. The molecule has 0 fully saturated rings. The molecule has 2 heterocycles. The van der Waals surface area contributed by atoms with Gasteiger partial charge in [0.15, 0.2) is 0 Å². The zero-order valence-corrected chi connectivity index (χ0v) is 12.2. The summed E-state index contributed by atoms with van der Waals surface area (Å²) in [5.41, 5.74) is 1.82. The third-order valence-electron chi connectivity index (χ3n) is 2.90. The zero-order chi connectivity index (χ0) is 14.5. The number of unbranched alkanes of at least 4 members (excludes halogenated alkanes) is 1. The highest BCUT2D eigenvalue weighted by atomic mass is 32.1. The van der Waals surface area contributed by atoms with Gasteiger partial charge in [-0.2, -0.15) is 4.37 Å². The van der Waals surface area contributed by atoms with Crippen LogP contribution in [0.2, 0.25) is 0 Å². The number of carboxylic acid groups (broad SMARTS) is 1. The first-order valence-corrected chi connectivity index (χ1v) is 7.16. The van der Waals surface area contributed by atoms with E-state index in [1.807, 2.05) is 6.92 Å². The summed E-state index contributed by atoms with van der Waals surface area (Å²) in [6, 6.07) is 1.42. The van der Waals surface area contributed by atoms with Gasteiger partial charge in [0.05, 0.1) is 11.3 Å². The van der Waals surface area contributed by atoms with Crippen molar-refractivity contribution in [1.29, 1.82) is 0 Å². The molecule has 0 atom stereocenters. The van der Waals surface area contributed by atoms with E-state index in [1.54, 1.807) is 0 Å². The number of rotatable bonds is 7. The molecule has 0 spiro atoms. The molecular weight excluding hydrogens is 280 g/mol. The standard InChI is InChI=1S/C13H16N2O4S/c1-3-4-5-10-9(8(2)19-14-10)7-18-12-6-11(13(16)17)20-15-12/h6H,3-5,7H2,1-2H3,(H,16,17). The molecule has 0 saturated heterocycles. The number of aromatic nitrogens is 2. The highest BCUT2D eigenvalue weighted by Crippen LogP contribution is 2.21. The van der Waals surface area contributed by atoms with Gasteiger partial charge in [-0.3, -0.25) is 0 Å². The SMILES string of the molecule is CCCCc1noc(C)c1COc1cc(C(=O)O)sn1. The first-order chi connectivity index (χ1) is 9.61. The molecule has 0 unspecified atom stereocenters. The third-order valence-corrected chi connectivity index (χ3v) is 3.66. The molecule has 108 valence electrons. The Morgan fingerprint density at radius 2 is 2.35 bits per heavy atom. The van der Waals surface area contributed by atoms with Crippen LogP contribution in [0.1, 0.15) is 46.5 Å². The van der Waals surface area contributed by atoms with Crippen LogP contribution in [0.5, 0.6) is 5.88 Å². The van der Waals surface area contributed by atoms with Gasteiger partial charge in [-0.15, -0.1) is 0 Å². The molecule has 20 heavy (non-hydrogen) atoms. The van der Waals surface area contributed by atoms with Crippen molar-refractivity contribution in [2.45, 2.75) is 39.7 Å². The van der Waals surface area contributed by atoms with Crippen LogP contribution in [0.3, 0.4) is 0 Å². The average Bonchev–Trinajstić information content (AvgIpc) is 3.01. The summed E-state index contributed by atoms with van der Waals surface area (Å²) in [5.74, 6) is 0.0429. The fraction of sp³-hybridized carbons (Fsp3) is 0.462. The minimum absolute atomic E-state index is 0.160. The van der Waals surface area contributed by atoms with E-state index < -0.39 is 5.97 Å². The van der Waals surface area contributed by atoms with Crippen LogP contribution in [0.15, 0.2) is 10.6 Å². The topological polar surface area (TPSA) is 85.5 Å². The van der Waals surface area contributed by atoms with Gasteiger partial charge in [0, 0.05) is 6.07 Å². The molecule has 0 aromatic carbocycles. The highest BCUT2D eigenvalue weighted by Gasteiger charge is 2.15. The van der Waals surface area contributed by atoms with Crippen LogP contribution in [0, 0.1) is 6.92 Å². The Morgan fingerprint density at radius 1 is 1.55 bits per heavy atom. The summed E-state index contributed by atoms with van der Waals surface area (Å²) in [5, 5.41) is 12.9. The second kappa shape index (κ2) is 6.51. The predicted octanol–water partition coefficient (Wildman–Crippen LogP) is 3.06. The summed E-state index contributed by atoms with van der Waals surface area (Å²) >= 11 is 0.904. The Morgan fingerprint density at radius 3 is 3.00 bits per heavy atom. The highest BCUT2D eigenvalue weighted by molar-refractivity contribution is 7.08. The fourth-order valence-electron chi connectivity index (χ4n) is 1.74. The van der Waals surface area contributed by atoms with Gasteiger partial charge in [-0.05, 0) is 31.3 Å². The van der Waals surface area contributed by atoms with Crippen molar-refractivity contribution in [2.24, 2.45) is 0 Å². The summed E-state index contributed by atoms with van der Waals surface area (Å²) in [7, 11) is 0. The molecule has 2 aromatic rings. The molecule has 7 heteroatoms. The monoisotopic (exact) mass is 296 g/mol. The Balaban J connectivity index is 2.02. The van der Waals surface area contributed by atoms with Crippen LogP contribution >= 0.6 is 11.5 Å². The lowest BCUT2D eigenvalue weighted by Crippen LogP contribution is -2.00. The van der Waals surface area contributed by atoms with Crippen LogP contribution in [-0.2, 0) is 13.0 Å². The first kappa shape index (κ1) is 14.5. The van der Waals surface area contributed by atoms with Crippen molar-refractivity contribution >= 4 is 17.5 Å². The van der Waals surface area contributed by atoms with E-state index in [1.165, 1.54) is 6.07 Å². The number of aromatic carboxylic acids is 1. The third kappa shape index (κ3) is 3.36. The number of hydrogen-bond acceptors (Lipinski definition) is 6. The minimum Gasteiger partial charge on any atom is -0.477 e. The summed E-state index contributed by atoms with van der Waals surface area (Å²) < 4.78 is 14.6. The predicted molar refractivity (Wildman–Crippen MR) is 73.3 cm³/mol. The molecule has 2 aromatic heterocycles. The largest absolute Gasteiger partial charge is 0.477 e. The van der Waals surface area contributed by atoms with Crippen LogP contribution in [-0.4, -0.2) is 20.6 Å². The van der Waals surface area contributed by atoms with Gasteiger partial charge in [0.1, 0.15) is 17.2 Å². The van der Waals surface area contributed by atoms with Crippen molar-refractivity contribution in [3.05, 3.63) is 28.0 Å². The van der Waals surface area contributed by atoms with Gasteiger partial charge in [-0.25, -0.2) is 4.79 Å². The number of hydrogen-bond donors (Lipinski definition) is 1. The molecule has 0 aliphatic rings. The Kier molecular flexibility index (Phi) is 4.73.